The number of imidazole rings is 1. The molecular formula is C46H42N2. The molecule has 2 nitrogen and oxygen atoms in total. The molecule has 2 heteroatoms. The van der Waals surface area contributed by atoms with Gasteiger partial charge in [0.25, 0.3) is 0 Å². The van der Waals surface area contributed by atoms with Crippen molar-refractivity contribution >= 4 is 67.4 Å². The first-order valence-electron chi connectivity index (χ1n) is 17.0. The third-order valence-corrected chi connectivity index (χ3v) is 9.72. The topological polar surface area (TPSA) is 17.3 Å². The van der Waals surface area contributed by atoms with Crippen molar-refractivity contribution in [1.29, 1.82) is 0 Å². The number of nitrogens with zero attached hydrogens (tertiary/aromatic N) is 2. The molecule has 0 N–H and O–H groups in total. The number of rotatable bonds is 7. The molecule has 48 heavy (non-hydrogen) atoms. The molecule has 0 fully saturated rings. The Kier molecular flexibility index (Phi) is 8.41. The van der Waals surface area contributed by atoms with Crippen LogP contribution < -0.4 is 10.4 Å². The van der Waals surface area contributed by atoms with Crippen LogP contribution in [-0.2, 0) is 0 Å². The fraction of sp³-hybridized carbons (Fsp3) is 0.152. The van der Waals surface area contributed by atoms with Crippen LogP contribution in [0.1, 0.15) is 58.1 Å². The highest BCUT2D eigenvalue weighted by atomic mass is 15.0. The van der Waals surface area contributed by atoms with Crippen LogP contribution in [0.3, 0.4) is 0 Å². The van der Waals surface area contributed by atoms with Crippen molar-refractivity contribution < 1.29 is 0 Å². The van der Waals surface area contributed by atoms with Gasteiger partial charge in [0.15, 0.2) is 0 Å². The fourth-order valence-electron chi connectivity index (χ4n) is 7.16. The van der Waals surface area contributed by atoms with Crippen molar-refractivity contribution in [2.75, 3.05) is 0 Å². The first-order chi connectivity index (χ1) is 23.4. The molecule has 0 radical (unpaired) electrons. The summed E-state index contributed by atoms with van der Waals surface area (Å²) in [7, 11) is 0. The van der Waals surface area contributed by atoms with Crippen LogP contribution in [0.4, 0.5) is 0 Å². The third kappa shape index (κ3) is 5.28. The molecule has 0 aliphatic rings. The van der Waals surface area contributed by atoms with E-state index >= 15 is 0 Å². The Bertz CT molecular complexity index is 2610. The van der Waals surface area contributed by atoms with Gasteiger partial charge in [-0.2, -0.15) is 0 Å². The average Bonchev–Trinajstić information content (AvgIpc) is 3.51. The standard InChI is InChI=1S/C46H42N2/c1-7-10-17-30(4)34-26-39(31(5)18-11-8-2)42-29-40(32(6)35(19-12-9-3)41(42)27-34)33-24-25-45-43(28-33)47-46-38-22-14-13-20-36(38)37-21-15-16-23-44(37)48(45)46/h7-17,19-29,31H,6,18H2,1-5H3/b10-7-,11-8-,12-9-,30-17+,35-19+. The van der Waals surface area contributed by atoms with Gasteiger partial charge in [-0.1, -0.05) is 117 Å². The van der Waals surface area contributed by atoms with Crippen LogP contribution in [0, 0.1) is 0 Å². The first-order valence-corrected chi connectivity index (χ1v) is 17.0. The van der Waals surface area contributed by atoms with Crippen LogP contribution in [0.2, 0.25) is 0 Å². The van der Waals surface area contributed by atoms with E-state index in [9.17, 15) is 0 Å². The van der Waals surface area contributed by atoms with Crippen molar-refractivity contribution in [3.05, 3.63) is 149 Å². The van der Waals surface area contributed by atoms with Crippen LogP contribution >= 0.6 is 0 Å². The van der Waals surface area contributed by atoms with Crippen LogP contribution in [0.5, 0.6) is 0 Å². The molecule has 2 heterocycles. The van der Waals surface area contributed by atoms with Crippen molar-refractivity contribution in [3.63, 3.8) is 0 Å². The molecule has 7 rings (SSSR count). The number of aromatic nitrogens is 2. The minimum absolute atomic E-state index is 0.346. The number of allylic oxidation sites excluding steroid dienone is 8. The number of para-hydroxylation sites is 1. The summed E-state index contributed by atoms with van der Waals surface area (Å²) >= 11 is 0. The largest absolute Gasteiger partial charge is 0.292 e. The van der Waals surface area contributed by atoms with Crippen molar-refractivity contribution in [3.8, 4) is 11.1 Å². The summed E-state index contributed by atoms with van der Waals surface area (Å²) in [5.41, 5.74) is 10.4. The summed E-state index contributed by atoms with van der Waals surface area (Å²) in [6.45, 7) is 15.5. The summed E-state index contributed by atoms with van der Waals surface area (Å²) in [6, 6.07) is 31.1. The van der Waals surface area contributed by atoms with E-state index < -0.39 is 0 Å². The minimum Gasteiger partial charge on any atom is -0.292 e. The number of hydrogen-bond acceptors (Lipinski definition) is 1. The SMILES string of the molecule is C=c1c(-c2ccc3c(c2)nc2c4ccccc4c4ccccc4n32)cc2c(C(C)C/C=C\C)cc(/C(C)=C/C=C\C)cc2/c1=C/C=C\C. The van der Waals surface area contributed by atoms with Crippen molar-refractivity contribution in [1.82, 2.24) is 9.38 Å². The van der Waals surface area contributed by atoms with Crippen LogP contribution in [0.25, 0.3) is 78.5 Å². The molecule has 0 saturated carbocycles. The minimum atomic E-state index is 0.346. The second-order valence-corrected chi connectivity index (χ2v) is 12.8. The molecule has 0 amide bonds. The Morgan fingerprint density at radius 2 is 1.52 bits per heavy atom. The molecule has 1 unspecified atom stereocenters. The van der Waals surface area contributed by atoms with Gasteiger partial charge in [-0.25, -0.2) is 4.98 Å². The lowest BCUT2D eigenvalue weighted by Crippen LogP contribution is -2.26. The van der Waals surface area contributed by atoms with E-state index in [4.69, 9.17) is 11.6 Å². The maximum Gasteiger partial charge on any atom is 0.146 e. The molecule has 5 aromatic carbocycles. The quantitative estimate of drug-likeness (QED) is 0.0982. The Morgan fingerprint density at radius 1 is 0.771 bits per heavy atom. The highest BCUT2D eigenvalue weighted by Crippen LogP contribution is 2.35. The lowest BCUT2D eigenvalue weighted by atomic mass is 9.86. The molecule has 2 aromatic heterocycles. The second-order valence-electron chi connectivity index (χ2n) is 12.8. The summed E-state index contributed by atoms with van der Waals surface area (Å²) < 4.78 is 2.32. The van der Waals surface area contributed by atoms with Gasteiger partial charge < -0.3 is 0 Å². The van der Waals surface area contributed by atoms with Gasteiger partial charge in [-0.15, -0.1) is 0 Å². The first kappa shape index (κ1) is 31.1. The molecule has 236 valence electrons. The Hall–Kier alpha value is -5.47. The number of pyridine rings is 1. The lowest BCUT2D eigenvalue weighted by molar-refractivity contribution is 0.787. The van der Waals surface area contributed by atoms with Crippen molar-refractivity contribution in [2.45, 2.75) is 47.0 Å². The Morgan fingerprint density at radius 3 is 2.29 bits per heavy atom. The predicted octanol–water partition coefficient (Wildman–Crippen LogP) is 11.4. The van der Waals surface area contributed by atoms with E-state index in [1.165, 1.54) is 43.8 Å². The second kappa shape index (κ2) is 13.0. The lowest BCUT2D eigenvalue weighted by Gasteiger charge is -2.18. The summed E-state index contributed by atoms with van der Waals surface area (Å²) in [6.07, 6.45) is 18.3. The van der Waals surface area contributed by atoms with Gasteiger partial charge in [0.05, 0.1) is 16.6 Å². The number of hydrogen-bond donors (Lipinski definition) is 0. The zero-order chi connectivity index (χ0) is 33.4. The van der Waals surface area contributed by atoms with E-state index in [1.807, 2.05) is 0 Å². The fourth-order valence-corrected chi connectivity index (χ4v) is 7.16. The summed E-state index contributed by atoms with van der Waals surface area (Å²) in [5, 5.41) is 8.32. The zero-order valence-electron chi connectivity index (χ0n) is 28.6. The van der Waals surface area contributed by atoms with E-state index in [1.54, 1.807) is 0 Å². The maximum absolute atomic E-state index is 5.28. The van der Waals surface area contributed by atoms with E-state index in [0.717, 1.165) is 50.1 Å². The molecule has 1 atom stereocenters. The highest BCUT2D eigenvalue weighted by Gasteiger charge is 2.17. The van der Waals surface area contributed by atoms with Crippen LogP contribution in [0.15, 0.2) is 127 Å². The van der Waals surface area contributed by atoms with E-state index in [0.29, 0.717) is 5.92 Å². The van der Waals surface area contributed by atoms with Gasteiger partial charge in [0.2, 0.25) is 0 Å². The number of fused-ring (bicyclic) bond motifs is 9. The Balaban J connectivity index is 1.53. The maximum atomic E-state index is 5.28. The molecule has 0 aliphatic carbocycles. The third-order valence-electron chi connectivity index (χ3n) is 9.72. The smallest absolute Gasteiger partial charge is 0.146 e. The summed E-state index contributed by atoms with van der Waals surface area (Å²) in [4.78, 5) is 5.28. The van der Waals surface area contributed by atoms with Gasteiger partial charge >= 0.3 is 0 Å². The van der Waals surface area contributed by atoms with Gasteiger partial charge in [-0.3, -0.25) is 4.40 Å². The van der Waals surface area contributed by atoms with E-state index in [2.05, 4.69) is 173 Å². The monoisotopic (exact) mass is 622 g/mol. The van der Waals surface area contributed by atoms with E-state index in [-0.39, 0.29) is 0 Å². The summed E-state index contributed by atoms with van der Waals surface area (Å²) in [5.74, 6) is 0.346. The van der Waals surface area contributed by atoms with Gasteiger partial charge in [-0.05, 0) is 125 Å². The van der Waals surface area contributed by atoms with Gasteiger partial charge in [0.1, 0.15) is 5.65 Å². The zero-order valence-corrected chi connectivity index (χ0v) is 28.6. The number of benzene rings is 5. The predicted molar refractivity (Wildman–Crippen MR) is 211 cm³/mol. The van der Waals surface area contributed by atoms with Crippen LogP contribution in [-0.4, -0.2) is 9.38 Å². The Labute approximate surface area is 283 Å². The molecule has 0 saturated heterocycles. The molecule has 0 bridgehead atoms. The average molecular weight is 623 g/mol. The van der Waals surface area contributed by atoms with Gasteiger partial charge in [0, 0.05) is 10.8 Å². The normalized spacial score (nSPS) is 14.0. The molecule has 7 aromatic rings. The molecule has 0 spiro atoms. The molecule has 0 aliphatic heterocycles. The van der Waals surface area contributed by atoms with Crippen molar-refractivity contribution in [2.24, 2.45) is 0 Å². The molecular weight excluding hydrogens is 581 g/mol. The highest BCUT2D eigenvalue weighted by molar-refractivity contribution is 6.14.